The number of carbonyl (C=O) groups excluding carboxylic acids is 1. The summed E-state index contributed by atoms with van der Waals surface area (Å²) >= 11 is 0. The normalized spacial score (nSPS) is 19.3. The lowest BCUT2D eigenvalue weighted by atomic mass is 9.90. The first kappa shape index (κ1) is 14.0. The van der Waals surface area contributed by atoms with Gasteiger partial charge in [0, 0.05) is 37.0 Å². The van der Waals surface area contributed by atoms with Crippen molar-refractivity contribution in [2.45, 2.75) is 19.4 Å². The number of piperidine rings is 1. The molecule has 1 fully saturated rings. The van der Waals surface area contributed by atoms with E-state index in [4.69, 9.17) is 0 Å². The largest absolute Gasteiger partial charge is 0.298 e. The first-order valence-electron chi connectivity index (χ1n) is 7.53. The van der Waals surface area contributed by atoms with Crippen LogP contribution in [0, 0.1) is 5.92 Å². The quantitative estimate of drug-likeness (QED) is 0.807. The maximum absolute atomic E-state index is 12.5. The molecular formula is C18H20N2O. The van der Waals surface area contributed by atoms with Crippen molar-refractivity contribution in [1.29, 1.82) is 0 Å². The van der Waals surface area contributed by atoms with Gasteiger partial charge in [-0.25, -0.2) is 0 Å². The zero-order valence-corrected chi connectivity index (χ0v) is 12.1. The van der Waals surface area contributed by atoms with E-state index in [0.29, 0.717) is 0 Å². The van der Waals surface area contributed by atoms with Crippen LogP contribution in [0.25, 0.3) is 0 Å². The molecule has 0 spiro atoms. The third-order valence-electron chi connectivity index (χ3n) is 4.07. The van der Waals surface area contributed by atoms with Crippen molar-refractivity contribution >= 4 is 5.78 Å². The Morgan fingerprint density at radius 1 is 1.19 bits per heavy atom. The molecule has 1 aliphatic rings. The molecule has 1 aromatic heterocycles. The third kappa shape index (κ3) is 3.56. The van der Waals surface area contributed by atoms with Gasteiger partial charge in [-0.15, -0.1) is 0 Å². The van der Waals surface area contributed by atoms with E-state index in [1.807, 2.05) is 18.2 Å². The molecule has 1 aliphatic heterocycles. The number of hydrogen-bond donors (Lipinski definition) is 0. The summed E-state index contributed by atoms with van der Waals surface area (Å²) in [5.74, 6) is 0.340. The highest BCUT2D eigenvalue weighted by Gasteiger charge is 2.26. The topological polar surface area (TPSA) is 33.2 Å². The molecule has 3 rings (SSSR count). The van der Waals surface area contributed by atoms with Gasteiger partial charge in [0.2, 0.25) is 0 Å². The smallest absolute Gasteiger partial charge is 0.168 e. The molecular weight excluding hydrogens is 260 g/mol. The van der Waals surface area contributed by atoms with Crippen molar-refractivity contribution in [3.63, 3.8) is 0 Å². The number of ketones is 1. The fraction of sp³-hybridized carbons (Fsp3) is 0.333. The number of hydrogen-bond acceptors (Lipinski definition) is 3. The van der Waals surface area contributed by atoms with Crippen molar-refractivity contribution in [1.82, 2.24) is 9.88 Å². The Kier molecular flexibility index (Phi) is 4.41. The van der Waals surface area contributed by atoms with E-state index >= 15 is 0 Å². The van der Waals surface area contributed by atoms with Crippen LogP contribution >= 0.6 is 0 Å². The number of rotatable bonds is 4. The van der Waals surface area contributed by atoms with Crippen LogP contribution in [0.4, 0.5) is 0 Å². The Balaban J connectivity index is 1.64. The predicted octanol–water partition coefficient (Wildman–Crippen LogP) is 3.18. The Morgan fingerprint density at radius 3 is 2.81 bits per heavy atom. The highest BCUT2D eigenvalue weighted by atomic mass is 16.1. The van der Waals surface area contributed by atoms with Crippen LogP contribution < -0.4 is 0 Å². The Morgan fingerprint density at radius 2 is 2.05 bits per heavy atom. The number of Topliss-reactive ketones (excluding diaryl/α,β-unsaturated/α-hetero) is 1. The van der Waals surface area contributed by atoms with Crippen LogP contribution in [-0.4, -0.2) is 28.8 Å². The van der Waals surface area contributed by atoms with E-state index in [9.17, 15) is 4.79 Å². The summed E-state index contributed by atoms with van der Waals surface area (Å²) in [6.07, 6.45) is 5.46. The van der Waals surface area contributed by atoms with Crippen molar-refractivity contribution < 1.29 is 4.79 Å². The molecule has 21 heavy (non-hydrogen) atoms. The molecule has 1 saturated heterocycles. The van der Waals surface area contributed by atoms with Crippen LogP contribution in [0.2, 0.25) is 0 Å². The van der Waals surface area contributed by atoms with E-state index < -0.39 is 0 Å². The van der Waals surface area contributed by atoms with Gasteiger partial charge in [-0.3, -0.25) is 14.7 Å². The standard InChI is InChI=1S/C18H20N2O/c21-18(16-8-4-10-19-12-16)17-9-5-11-20(14-17)13-15-6-2-1-3-7-15/h1-4,6-8,10,12,17H,5,9,11,13-14H2. The van der Waals surface area contributed by atoms with Crippen molar-refractivity contribution in [3.05, 3.63) is 66.0 Å². The van der Waals surface area contributed by atoms with Gasteiger partial charge in [-0.1, -0.05) is 30.3 Å². The Hall–Kier alpha value is -2.00. The highest BCUT2D eigenvalue weighted by Crippen LogP contribution is 2.22. The molecule has 108 valence electrons. The van der Waals surface area contributed by atoms with Crippen LogP contribution in [0.3, 0.4) is 0 Å². The molecule has 0 radical (unpaired) electrons. The number of likely N-dealkylation sites (tertiary alicyclic amines) is 1. The second-order valence-corrected chi connectivity index (χ2v) is 5.67. The minimum absolute atomic E-state index is 0.103. The van der Waals surface area contributed by atoms with Crippen LogP contribution in [0.1, 0.15) is 28.8 Å². The van der Waals surface area contributed by atoms with Gasteiger partial charge < -0.3 is 0 Å². The zero-order chi connectivity index (χ0) is 14.5. The number of aromatic nitrogens is 1. The van der Waals surface area contributed by atoms with Gasteiger partial charge in [-0.05, 0) is 37.1 Å². The fourth-order valence-corrected chi connectivity index (χ4v) is 3.00. The molecule has 1 atom stereocenters. The molecule has 0 saturated carbocycles. The van der Waals surface area contributed by atoms with Crippen LogP contribution in [-0.2, 0) is 6.54 Å². The van der Waals surface area contributed by atoms with Crippen molar-refractivity contribution in [2.75, 3.05) is 13.1 Å². The summed E-state index contributed by atoms with van der Waals surface area (Å²) in [4.78, 5) is 19.0. The van der Waals surface area contributed by atoms with Gasteiger partial charge >= 0.3 is 0 Å². The minimum atomic E-state index is 0.103. The first-order valence-corrected chi connectivity index (χ1v) is 7.53. The molecule has 0 aliphatic carbocycles. The number of benzene rings is 1. The lowest BCUT2D eigenvalue weighted by molar-refractivity contribution is 0.0811. The summed E-state index contributed by atoms with van der Waals surface area (Å²) in [6, 6.07) is 14.2. The fourth-order valence-electron chi connectivity index (χ4n) is 3.00. The van der Waals surface area contributed by atoms with Gasteiger partial charge in [0.05, 0.1) is 0 Å². The Labute approximate surface area is 125 Å². The van der Waals surface area contributed by atoms with Gasteiger partial charge in [0.25, 0.3) is 0 Å². The summed E-state index contributed by atoms with van der Waals surface area (Å²) in [5, 5.41) is 0. The zero-order valence-electron chi connectivity index (χ0n) is 12.1. The highest BCUT2D eigenvalue weighted by molar-refractivity contribution is 5.97. The van der Waals surface area contributed by atoms with Gasteiger partial charge in [0.1, 0.15) is 0 Å². The third-order valence-corrected chi connectivity index (χ3v) is 4.07. The lowest BCUT2D eigenvalue weighted by Gasteiger charge is -2.32. The van der Waals surface area contributed by atoms with E-state index in [1.165, 1.54) is 5.56 Å². The van der Waals surface area contributed by atoms with Crippen LogP contribution in [0.15, 0.2) is 54.9 Å². The average molecular weight is 280 g/mol. The van der Waals surface area contributed by atoms with Gasteiger partial charge in [-0.2, -0.15) is 0 Å². The van der Waals surface area contributed by atoms with E-state index in [0.717, 1.165) is 38.0 Å². The summed E-state index contributed by atoms with van der Waals surface area (Å²) in [5.41, 5.74) is 2.05. The number of carbonyl (C=O) groups is 1. The monoisotopic (exact) mass is 280 g/mol. The van der Waals surface area contributed by atoms with E-state index in [-0.39, 0.29) is 11.7 Å². The minimum Gasteiger partial charge on any atom is -0.298 e. The second kappa shape index (κ2) is 6.64. The molecule has 0 amide bonds. The number of nitrogens with zero attached hydrogens (tertiary/aromatic N) is 2. The molecule has 3 heteroatoms. The predicted molar refractivity (Wildman–Crippen MR) is 83.0 cm³/mol. The lowest BCUT2D eigenvalue weighted by Crippen LogP contribution is -2.38. The SMILES string of the molecule is O=C(c1cccnc1)C1CCCN(Cc2ccccc2)C1. The average Bonchev–Trinajstić information content (AvgIpc) is 2.56. The maximum atomic E-state index is 12.5. The Bertz CT molecular complexity index is 583. The van der Waals surface area contributed by atoms with Gasteiger partial charge in [0.15, 0.2) is 5.78 Å². The van der Waals surface area contributed by atoms with E-state index in [1.54, 1.807) is 12.4 Å². The van der Waals surface area contributed by atoms with Crippen molar-refractivity contribution in [2.24, 2.45) is 5.92 Å². The molecule has 1 aromatic carbocycles. The molecule has 0 N–H and O–H groups in total. The molecule has 0 bridgehead atoms. The molecule has 1 unspecified atom stereocenters. The number of pyridine rings is 1. The molecule has 2 heterocycles. The maximum Gasteiger partial charge on any atom is 0.168 e. The van der Waals surface area contributed by atoms with E-state index in [2.05, 4.69) is 34.1 Å². The molecule has 3 nitrogen and oxygen atoms in total. The summed E-state index contributed by atoms with van der Waals surface area (Å²) in [7, 11) is 0. The first-order chi connectivity index (χ1) is 10.3. The molecule has 2 aromatic rings. The second-order valence-electron chi connectivity index (χ2n) is 5.67. The summed E-state index contributed by atoms with van der Waals surface area (Å²) < 4.78 is 0. The van der Waals surface area contributed by atoms with Crippen LogP contribution in [0.5, 0.6) is 0 Å². The van der Waals surface area contributed by atoms with Crippen molar-refractivity contribution in [3.8, 4) is 0 Å². The summed E-state index contributed by atoms with van der Waals surface area (Å²) in [6.45, 7) is 2.85.